The molecule has 0 radical (unpaired) electrons. The molecule has 3 rings (SSSR count). The van der Waals surface area contributed by atoms with Gasteiger partial charge in [-0.3, -0.25) is 4.98 Å². The first-order chi connectivity index (χ1) is 5.74. The zero-order valence-electron chi connectivity index (χ0n) is 7.59. The van der Waals surface area contributed by atoms with Crippen molar-refractivity contribution in [2.75, 3.05) is 0 Å². The zero-order valence-corrected chi connectivity index (χ0v) is 7.59. The van der Waals surface area contributed by atoms with E-state index in [1.807, 2.05) is 6.20 Å². The first-order valence-corrected chi connectivity index (χ1v) is 4.66. The molecule has 1 aromatic rings. The summed E-state index contributed by atoms with van der Waals surface area (Å²) >= 11 is 0. The largest absolute Gasteiger partial charge is 0.264 e. The van der Waals surface area contributed by atoms with Crippen LogP contribution in [0.5, 0.6) is 0 Å². The predicted octanol–water partition coefficient (Wildman–Crippen LogP) is 2.36. The summed E-state index contributed by atoms with van der Waals surface area (Å²) in [6.45, 7) is 4.39. The molecule has 0 bridgehead atoms. The Labute approximate surface area is 72.8 Å². The van der Waals surface area contributed by atoms with Gasteiger partial charge in [-0.2, -0.15) is 0 Å². The lowest BCUT2D eigenvalue weighted by Gasteiger charge is -2.09. The fourth-order valence-electron chi connectivity index (χ4n) is 2.27. The molecule has 0 aliphatic heterocycles. The summed E-state index contributed by atoms with van der Waals surface area (Å²) in [5, 5.41) is 0. The van der Waals surface area contributed by atoms with Crippen LogP contribution in [0.25, 0.3) is 0 Å². The van der Waals surface area contributed by atoms with Crippen molar-refractivity contribution in [1.29, 1.82) is 0 Å². The minimum atomic E-state index is 0.628. The van der Waals surface area contributed by atoms with E-state index >= 15 is 0 Å². The van der Waals surface area contributed by atoms with E-state index in [0.29, 0.717) is 5.41 Å². The highest BCUT2D eigenvalue weighted by Gasteiger charge is 2.70. The lowest BCUT2D eigenvalue weighted by Crippen LogP contribution is -2.00. The first kappa shape index (κ1) is 6.64. The van der Waals surface area contributed by atoms with Gasteiger partial charge in [0.05, 0.1) is 0 Å². The lowest BCUT2D eigenvalue weighted by molar-refractivity contribution is 0.808. The Morgan fingerprint density at radius 3 is 2.58 bits per heavy atom. The first-order valence-electron chi connectivity index (χ1n) is 4.66. The molecule has 0 unspecified atom stereocenters. The number of hydrogen-bond donors (Lipinski definition) is 0. The van der Waals surface area contributed by atoms with Gasteiger partial charge in [-0.05, 0) is 49.3 Å². The van der Waals surface area contributed by atoms with Crippen molar-refractivity contribution in [3.05, 3.63) is 29.1 Å². The van der Waals surface area contributed by atoms with Crippen molar-refractivity contribution < 1.29 is 0 Å². The fraction of sp³-hybridized carbons (Fsp3) is 0.545. The van der Waals surface area contributed by atoms with Gasteiger partial charge in [0.15, 0.2) is 0 Å². The maximum atomic E-state index is 4.28. The number of aromatic nitrogens is 1. The number of rotatable bonds is 1. The Hall–Kier alpha value is -0.850. The van der Waals surface area contributed by atoms with Crippen LogP contribution in [0.1, 0.15) is 29.5 Å². The number of hydrogen-bond acceptors (Lipinski definition) is 1. The van der Waals surface area contributed by atoms with Crippen molar-refractivity contribution in [3.63, 3.8) is 0 Å². The average molecular weight is 159 g/mol. The van der Waals surface area contributed by atoms with E-state index in [4.69, 9.17) is 0 Å². The van der Waals surface area contributed by atoms with Gasteiger partial charge >= 0.3 is 0 Å². The highest BCUT2D eigenvalue weighted by molar-refractivity contribution is 5.48. The number of fused-ring (bicyclic) bond motifs is 1. The van der Waals surface area contributed by atoms with E-state index in [1.165, 1.54) is 29.5 Å². The lowest BCUT2D eigenvalue weighted by atomic mass is 9.98. The molecule has 0 atom stereocenters. The third-order valence-electron chi connectivity index (χ3n) is 3.69. The van der Waals surface area contributed by atoms with E-state index in [1.54, 1.807) is 0 Å². The van der Waals surface area contributed by atoms with Crippen molar-refractivity contribution in [2.45, 2.75) is 32.1 Å². The quantitative estimate of drug-likeness (QED) is 0.613. The number of aryl methyl sites for hydroxylation is 1. The molecule has 2 aliphatic carbocycles. The van der Waals surface area contributed by atoms with Gasteiger partial charge in [0.2, 0.25) is 0 Å². The molecule has 1 heteroatoms. The van der Waals surface area contributed by atoms with Crippen LogP contribution in [0, 0.1) is 19.8 Å². The Kier molecular flexibility index (Phi) is 0.959. The molecule has 0 amide bonds. The topological polar surface area (TPSA) is 12.9 Å². The highest BCUT2D eigenvalue weighted by Crippen LogP contribution is 2.75. The van der Waals surface area contributed by atoms with Crippen LogP contribution in [-0.2, 0) is 5.41 Å². The van der Waals surface area contributed by atoms with Crippen LogP contribution in [0.3, 0.4) is 0 Å². The van der Waals surface area contributed by atoms with Gasteiger partial charge in [-0.1, -0.05) is 0 Å². The Morgan fingerprint density at radius 1 is 1.33 bits per heavy atom. The van der Waals surface area contributed by atoms with Crippen LogP contribution in [0.2, 0.25) is 0 Å². The maximum Gasteiger partial charge on any atom is 0.0308 e. The predicted molar refractivity (Wildman–Crippen MR) is 48.1 cm³/mol. The standard InChI is InChI=1S/C11H13N/c1-7-5-12-6-10(8(7)2)11-3-9(11)4-11/h5-6,9H,3-4H2,1-2H3. The molecule has 12 heavy (non-hydrogen) atoms. The normalized spacial score (nSPS) is 36.0. The molecule has 1 heterocycles. The van der Waals surface area contributed by atoms with Gasteiger partial charge in [-0.15, -0.1) is 0 Å². The summed E-state index contributed by atoms with van der Waals surface area (Å²) in [4.78, 5) is 4.28. The highest BCUT2D eigenvalue weighted by atomic mass is 14.8. The molecular weight excluding hydrogens is 146 g/mol. The maximum absolute atomic E-state index is 4.28. The van der Waals surface area contributed by atoms with Gasteiger partial charge in [0.25, 0.3) is 0 Å². The van der Waals surface area contributed by atoms with Gasteiger partial charge < -0.3 is 0 Å². The summed E-state index contributed by atoms with van der Waals surface area (Å²) in [6, 6.07) is 0. The molecule has 0 N–H and O–H groups in total. The summed E-state index contributed by atoms with van der Waals surface area (Å²) in [6.07, 6.45) is 6.91. The SMILES string of the molecule is Cc1cncc(C23CC2C3)c1C. The van der Waals surface area contributed by atoms with Gasteiger partial charge in [0, 0.05) is 17.8 Å². The van der Waals surface area contributed by atoms with Gasteiger partial charge in [-0.25, -0.2) is 0 Å². The van der Waals surface area contributed by atoms with Crippen molar-refractivity contribution >= 4 is 0 Å². The minimum absolute atomic E-state index is 0.628. The fourth-order valence-corrected chi connectivity index (χ4v) is 2.27. The van der Waals surface area contributed by atoms with Crippen molar-refractivity contribution in [2.24, 2.45) is 5.92 Å². The van der Waals surface area contributed by atoms with Crippen LogP contribution in [0.4, 0.5) is 0 Å². The van der Waals surface area contributed by atoms with E-state index < -0.39 is 0 Å². The molecule has 2 saturated carbocycles. The van der Waals surface area contributed by atoms with Crippen LogP contribution in [0.15, 0.2) is 12.4 Å². The molecular formula is C11H13N. The average Bonchev–Trinajstić information content (AvgIpc) is 2.81. The zero-order chi connectivity index (χ0) is 8.34. The summed E-state index contributed by atoms with van der Waals surface area (Å²) in [5.74, 6) is 1.03. The summed E-state index contributed by atoms with van der Waals surface area (Å²) < 4.78 is 0. The molecule has 0 aromatic carbocycles. The molecule has 0 spiro atoms. The minimum Gasteiger partial charge on any atom is -0.264 e. The Balaban J connectivity index is 2.15. The molecule has 1 aromatic heterocycles. The molecule has 2 aliphatic rings. The molecule has 62 valence electrons. The smallest absolute Gasteiger partial charge is 0.0308 e. The van der Waals surface area contributed by atoms with Crippen molar-refractivity contribution in [3.8, 4) is 0 Å². The van der Waals surface area contributed by atoms with Crippen molar-refractivity contribution in [1.82, 2.24) is 4.98 Å². The summed E-state index contributed by atoms with van der Waals surface area (Å²) in [7, 11) is 0. The van der Waals surface area contributed by atoms with E-state index in [0.717, 1.165) is 5.92 Å². The van der Waals surface area contributed by atoms with E-state index in [-0.39, 0.29) is 0 Å². The van der Waals surface area contributed by atoms with Crippen LogP contribution >= 0.6 is 0 Å². The van der Waals surface area contributed by atoms with Gasteiger partial charge in [0.1, 0.15) is 0 Å². The van der Waals surface area contributed by atoms with Crippen LogP contribution < -0.4 is 0 Å². The Morgan fingerprint density at radius 2 is 2.00 bits per heavy atom. The third-order valence-corrected chi connectivity index (χ3v) is 3.69. The second-order valence-electron chi connectivity index (χ2n) is 4.39. The van der Waals surface area contributed by atoms with E-state index in [2.05, 4.69) is 25.0 Å². The number of pyridine rings is 1. The molecule has 1 nitrogen and oxygen atoms in total. The molecule has 2 fully saturated rings. The monoisotopic (exact) mass is 159 g/mol. The van der Waals surface area contributed by atoms with E-state index in [9.17, 15) is 0 Å². The Bertz CT molecular complexity index is 348. The second-order valence-corrected chi connectivity index (χ2v) is 4.39. The molecule has 0 saturated heterocycles. The summed E-state index contributed by atoms with van der Waals surface area (Å²) in [5.41, 5.74) is 4.99. The number of nitrogens with zero attached hydrogens (tertiary/aromatic N) is 1. The van der Waals surface area contributed by atoms with Crippen LogP contribution in [-0.4, -0.2) is 4.98 Å². The second kappa shape index (κ2) is 1.73. The third kappa shape index (κ3) is 0.626.